The van der Waals surface area contributed by atoms with Gasteiger partial charge < -0.3 is 14.4 Å². The normalized spacial score (nSPS) is 17.6. The molecule has 0 unspecified atom stereocenters. The first-order valence-corrected chi connectivity index (χ1v) is 12.6. The minimum atomic E-state index is -0.101. The lowest BCUT2D eigenvalue weighted by Gasteiger charge is -2.28. The molecular formula is C26H31N3O3S. The molecule has 1 saturated heterocycles. The lowest BCUT2D eigenvalue weighted by Crippen LogP contribution is -2.36. The summed E-state index contributed by atoms with van der Waals surface area (Å²) in [6.45, 7) is 8.05. The number of carbonyl (C=O) groups excluding carboxylic acids is 1. The molecule has 0 atom stereocenters. The van der Waals surface area contributed by atoms with Crippen molar-refractivity contribution in [3.05, 3.63) is 59.8 Å². The number of thioether (sulfide) groups is 1. The van der Waals surface area contributed by atoms with E-state index in [9.17, 15) is 4.79 Å². The molecule has 0 aromatic heterocycles. The number of morpholine rings is 1. The molecule has 1 amide bonds. The molecular weight excluding hydrogens is 434 g/mol. The van der Waals surface area contributed by atoms with Gasteiger partial charge in [0.1, 0.15) is 11.4 Å². The Labute approximate surface area is 200 Å². The van der Waals surface area contributed by atoms with Gasteiger partial charge in [0.25, 0.3) is 5.91 Å². The van der Waals surface area contributed by atoms with Gasteiger partial charge >= 0.3 is 0 Å². The molecule has 2 heterocycles. The number of ether oxygens (including phenoxy) is 2. The third-order valence-corrected chi connectivity index (χ3v) is 6.56. The fourth-order valence-electron chi connectivity index (χ4n) is 3.75. The highest BCUT2D eigenvalue weighted by molar-refractivity contribution is 8.14. The Morgan fingerprint density at radius 1 is 1.03 bits per heavy atom. The van der Waals surface area contributed by atoms with Gasteiger partial charge in [0.2, 0.25) is 0 Å². The van der Waals surface area contributed by atoms with Crippen molar-refractivity contribution in [2.24, 2.45) is 4.99 Å². The van der Waals surface area contributed by atoms with E-state index in [2.05, 4.69) is 24.0 Å². The molecule has 0 saturated carbocycles. The number of hydrogen-bond donors (Lipinski definition) is 0. The predicted molar refractivity (Wildman–Crippen MR) is 137 cm³/mol. The Hall–Kier alpha value is -2.77. The molecule has 0 radical (unpaired) electrons. The Kier molecular flexibility index (Phi) is 8.07. The van der Waals surface area contributed by atoms with E-state index in [4.69, 9.17) is 14.5 Å². The third kappa shape index (κ3) is 5.78. The monoisotopic (exact) mass is 465 g/mol. The van der Waals surface area contributed by atoms with E-state index in [0.717, 1.165) is 67.1 Å². The van der Waals surface area contributed by atoms with Crippen LogP contribution in [-0.2, 0) is 9.53 Å². The summed E-state index contributed by atoms with van der Waals surface area (Å²) < 4.78 is 11.0. The van der Waals surface area contributed by atoms with Gasteiger partial charge in [-0.05, 0) is 61.4 Å². The molecule has 4 rings (SSSR count). The van der Waals surface area contributed by atoms with Crippen LogP contribution in [0.2, 0.25) is 0 Å². The number of unbranched alkanes of at least 4 members (excludes halogenated alkanes) is 1. The van der Waals surface area contributed by atoms with Gasteiger partial charge in [-0.2, -0.15) is 0 Å². The van der Waals surface area contributed by atoms with Gasteiger partial charge in [-0.25, -0.2) is 4.99 Å². The van der Waals surface area contributed by atoms with Crippen LogP contribution >= 0.6 is 11.8 Å². The number of aliphatic imine (C=N–C) groups is 1. The number of rotatable bonds is 8. The minimum Gasteiger partial charge on any atom is -0.494 e. The maximum atomic E-state index is 13.4. The van der Waals surface area contributed by atoms with E-state index in [1.165, 1.54) is 5.69 Å². The lowest BCUT2D eigenvalue weighted by atomic mass is 10.1. The van der Waals surface area contributed by atoms with E-state index in [1.54, 1.807) is 16.7 Å². The van der Waals surface area contributed by atoms with E-state index in [1.807, 2.05) is 49.4 Å². The highest BCUT2D eigenvalue weighted by Crippen LogP contribution is 2.31. The van der Waals surface area contributed by atoms with Crippen LogP contribution in [0.5, 0.6) is 5.75 Å². The summed E-state index contributed by atoms with van der Waals surface area (Å²) in [5.74, 6) is 1.62. The molecule has 33 heavy (non-hydrogen) atoms. The fourth-order valence-corrected chi connectivity index (χ4v) is 4.84. The zero-order valence-electron chi connectivity index (χ0n) is 19.3. The van der Waals surface area contributed by atoms with Crippen LogP contribution in [-0.4, -0.2) is 49.7 Å². The molecule has 2 aromatic rings. The van der Waals surface area contributed by atoms with Crippen molar-refractivity contribution in [1.82, 2.24) is 0 Å². The van der Waals surface area contributed by atoms with Gasteiger partial charge in [0.05, 0.1) is 25.5 Å². The van der Waals surface area contributed by atoms with E-state index < -0.39 is 0 Å². The van der Waals surface area contributed by atoms with Gasteiger partial charge in [-0.1, -0.05) is 37.2 Å². The zero-order chi connectivity index (χ0) is 23.0. The van der Waals surface area contributed by atoms with Crippen molar-refractivity contribution in [3.8, 4) is 5.75 Å². The molecule has 2 aromatic carbocycles. The molecule has 7 heteroatoms. The summed E-state index contributed by atoms with van der Waals surface area (Å²) in [7, 11) is 0. The smallest absolute Gasteiger partial charge is 0.283 e. The Balaban J connectivity index is 1.55. The summed E-state index contributed by atoms with van der Waals surface area (Å²) in [6, 6.07) is 15.9. The van der Waals surface area contributed by atoms with Crippen molar-refractivity contribution < 1.29 is 14.3 Å². The third-order valence-electron chi connectivity index (χ3n) is 5.54. The first-order valence-electron chi connectivity index (χ1n) is 11.6. The Bertz CT molecular complexity index is 996. The van der Waals surface area contributed by atoms with Gasteiger partial charge in [0.15, 0.2) is 5.17 Å². The highest BCUT2D eigenvalue weighted by Gasteiger charge is 2.31. The second-order valence-electron chi connectivity index (χ2n) is 7.88. The number of amides is 1. The quantitative estimate of drug-likeness (QED) is 0.396. The predicted octanol–water partition coefficient (Wildman–Crippen LogP) is 5.20. The molecule has 174 valence electrons. The zero-order valence-corrected chi connectivity index (χ0v) is 20.1. The van der Waals surface area contributed by atoms with E-state index in [-0.39, 0.29) is 5.91 Å². The molecule has 0 aliphatic carbocycles. The number of anilines is 2. The average molecular weight is 466 g/mol. The summed E-state index contributed by atoms with van der Waals surface area (Å²) in [6.07, 6.45) is 4.06. The number of benzene rings is 2. The Morgan fingerprint density at radius 3 is 2.39 bits per heavy atom. The van der Waals surface area contributed by atoms with Crippen LogP contribution < -0.4 is 14.5 Å². The number of carbonyl (C=O) groups is 1. The summed E-state index contributed by atoms with van der Waals surface area (Å²) >= 11 is 1.63. The molecule has 0 N–H and O–H groups in total. The average Bonchev–Trinajstić information content (AvgIpc) is 3.16. The topological polar surface area (TPSA) is 54.4 Å². The largest absolute Gasteiger partial charge is 0.494 e. The summed E-state index contributed by atoms with van der Waals surface area (Å²) in [4.78, 5) is 22.1. The number of nitrogens with zero attached hydrogens (tertiary/aromatic N) is 3. The van der Waals surface area contributed by atoms with E-state index >= 15 is 0 Å². The van der Waals surface area contributed by atoms with Crippen LogP contribution in [0.15, 0.2) is 59.2 Å². The van der Waals surface area contributed by atoms with Crippen LogP contribution in [0.4, 0.5) is 11.4 Å². The second-order valence-corrected chi connectivity index (χ2v) is 8.95. The lowest BCUT2D eigenvalue weighted by molar-refractivity contribution is -0.113. The van der Waals surface area contributed by atoms with Crippen molar-refractivity contribution in [3.63, 3.8) is 0 Å². The molecule has 2 aliphatic heterocycles. The fraction of sp³-hybridized carbons (Fsp3) is 0.385. The van der Waals surface area contributed by atoms with Crippen molar-refractivity contribution in [1.29, 1.82) is 0 Å². The standard InChI is InChI=1S/C26H31N3O3S/c1-3-5-18-33-26-27-24(25(30)29(26)22-10-12-23(13-11-22)32-4-2)19-20-6-8-21(9-7-20)28-14-16-31-17-15-28/h6-13,19H,3-5,14-18H2,1-2H3. The van der Waals surface area contributed by atoms with Crippen LogP contribution in [0, 0.1) is 0 Å². The highest BCUT2D eigenvalue weighted by atomic mass is 32.2. The van der Waals surface area contributed by atoms with Crippen molar-refractivity contribution in [2.45, 2.75) is 26.7 Å². The minimum absolute atomic E-state index is 0.101. The molecule has 0 spiro atoms. The van der Waals surface area contributed by atoms with Gasteiger partial charge in [-0.3, -0.25) is 9.69 Å². The Morgan fingerprint density at radius 2 is 1.73 bits per heavy atom. The first-order chi connectivity index (χ1) is 16.2. The molecule has 0 bridgehead atoms. The van der Waals surface area contributed by atoms with Crippen LogP contribution in [0.1, 0.15) is 32.3 Å². The van der Waals surface area contributed by atoms with Crippen LogP contribution in [0.25, 0.3) is 6.08 Å². The van der Waals surface area contributed by atoms with Gasteiger partial charge in [-0.15, -0.1) is 0 Å². The first kappa shape index (κ1) is 23.4. The van der Waals surface area contributed by atoms with E-state index in [0.29, 0.717) is 12.3 Å². The second kappa shape index (κ2) is 11.4. The van der Waals surface area contributed by atoms with Crippen molar-refractivity contribution in [2.75, 3.05) is 48.5 Å². The molecule has 2 aliphatic rings. The summed E-state index contributed by atoms with van der Waals surface area (Å²) in [5.41, 5.74) is 3.40. The molecule has 1 fully saturated rings. The number of hydrogen-bond acceptors (Lipinski definition) is 6. The van der Waals surface area contributed by atoms with Crippen molar-refractivity contribution >= 4 is 40.3 Å². The summed E-state index contributed by atoms with van der Waals surface area (Å²) in [5, 5.41) is 0.730. The van der Waals surface area contributed by atoms with Gasteiger partial charge in [0, 0.05) is 24.5 Å². The maximum Gasteiger partial charge on any atom is 0.283 e. The maximum absolute atomic E-state index is 13.4. The number of amidine groups is 1. The SMILES string of the molecule is CCCCSC1=NC(=Cc2ccc(N3CCOCC3)cc2)C(=O)N1c1ccc(OCC)cc1. The van der Waals surface area contributed by atoms with Crippen LogP contribution in [0.3, 0.4) is 0 Å². The molecule has 6 nitrogen and oxygen atoms in total.